The fourth-order valence-corrected chi connectivity index (χ4v) is 2.52. The molecule has 2 aromatic heterocycles. The van der Waals surface area contributed by atoms with Crippen LogP contribution in [0.1, 0.15) is 0 Å². The molecule has 68 valence electrons. The van der Waals surface area contributed by atoms with Crippen LogP contribution in [-0.4, -0.2) is 4.98 Å². The molecular weight excluding hydrogens is 194 g/mol. The van der Waals surface area contributed by atoms with E-state index in [4.69, 9.17) is 0 Å². The summed E-state index contributed by atoms with van der Waals surface area (Å²) in [5.74, 6) is 0. The van der Waals surface area contributed by atoms with E-state index in [1.807, 2.05) is 29.6 Å². The molecule has 0 spiro atoms. The molecule has 2 nitrogen and oxygen atoms in total. The Hall–Kier alpha value is -1.61. The summed E-state index contributed by atoms with van der Waals surface area (Å²) in [7, 11) is 0. The first-order valence-electron chi connectivity index (χ1n) is 4.34. The number of aromatic nitrogens is 1. The SMILES string of the molecule is O=c1ccsc2[nH]c3ccccc3c12. The van der Waals surface area contributed by atoms with E-state index >= 15 is 0 Å². The van der Waals surface area contributed by atoms with Crippen LogP contribution in [0, 0.1) is 0 Å². The van der Waals surface area contributed by atoms with E-state index in [0.717, 1.165) is 21.1 Å². The zero-order valence-corrected chi connectivity index (χ0v) is 8.10. The molecule has 3 heteroatoms. The molecule has 0 radical (unpaired) electrons. The van der Waals surface area contributed by atoms with Gasteiger partial charge in [-0.05, 0) is 17.5 Å². The van der Waals surface area contributed by atoms with Gasteiger partial charge in [0, 0.05) is 10.9 Å². The summed E-state index contributed by atoms with van der Waals surface area (Å²) in [5, 5.41) is 3.65. The van der Waals surface area contributed by atoms with Gasteiger partial charge in [0.15, 0.2) is 5.43 Å². The minimum atomic E-state index is 0.0937. The third-order valence-corrected chi connectivity index (χ3v) is 3.14. The van der Waals surface area contributed by atoms with Gasteiger partial charge in [-0.25, -0.2) is 0 Å². The van der Waals surface area contributed by atoms with Crippen molar-refractivity contribution in [3.05, 3.63) is 45.9 Å². The summed E-state index contributed by atoms with van der Waals surface area (Å²) in [4.78, 5) is 15.8. The van der Waals surface area contributed by atoms with Gasteiger partial charge in [0.05, 0.1) is 5.39 Å². The topological polar surface area (TPSA) is 32.9 Å². The van der Waals surface area contributed by atoms with Gasteiger partial charge in [-0.1, -0.05) is 18.2 Å². The molecule has 0 aliphatic carbocycles. The van der Waals surface area contributed by atoms with Gasteiger partial charge in [-0.3, -0.25) is 4.79 Å². The lowest BCUT2D eigenvalue weighted by Gasteiger charge is -1.86. The number of H-pyrrole nitrogens is 1. The maximum Gasteiger partial charge on any atom is 0.190 e. The first-order valence-corrected chi connectivity index (χ1v) is 5.22. The van der Waals surface area contributed by atoms with Crippen LogP contribution in [0.2, 0.25) is 0 Å². The van der Waals surface area contributed by atoms with Crippen LogP contribution in [-0.2, 0) is 0 Å². The van der Waals surface area contributed by atoms with Crippen molar-refractivity contribution in [3.8, 4) is 0 Å². The number of para-hydroxylation sites is 1. The van der Waals surface area contributed by atoms with Crippen molar-refractivity contribution in [2.24, 2.45) is 0 Å². The summed E-state index contributed by atoms with van der Waals surface area (Å²) >= 11 is 1.56. The Morgan fingerprint density at radius 1 is 1.14 bits per heavy atom. The maximum atomic E-state index is 11.6. The quantitative estimate of drug-likeness (QED) is 0.596. The lowest BCUT2D eigenvalue weighted by molar-refractivity contribution is 1.58. The first-order chi connectivity index (χ1) is 6.86. The van der Waals surface area contributed by atoms with Gasteiger partial charge >= 0.3 is 0 Å². The smallest absolute Gasteiger partial charge is 0.190 e. The second-order valence-electron chi connectivity index (χ2n) is 3.16. The predicted octanol–water partition coefficient (Wildman–Crippen LogP) is 2.74. The third kappa shape index (κ3) is 0.930. The van der Waals surface area contributed by atoms with Crippen LogP contribution >= 0.6 is 11.3 Å². The fraction of sp³-hybridized carbons (Fsp3) is 0. The fourth-order valence-electron chi connectivity index (χ4n) is 1.70. The van der Waals surface area contributed by atoms with Crippen LogP contribution in [0.25, 0.3) is 21.1 Å². The molecule has 2 heterocycles. The molecule has 0 amide bonds. The Morgan fingerprint density at radius 2 is 2.00 bits per heavy atom. The normalized spacial score (nSPS) is 11.1. The Morgan fingerprint density at radius 3 is 2.93 bits per heavy atom. The zero-order chi connectivity index (χ0) is 9.54. The molecule has 0 saturated carbocycles. The Kier molecular flexibility index (Phi) is 1.49. The van der Waals surface area contributed by atoms with E-state index in [9.17, 15) is 4.79 Å². The number of hydrogen-bond acceptors (Lipinski definition) is 2. The molecule has 0 aliphatic rings. The summed E-state index contributed by atoms with van der Waals surface area (Å²) in [6.07, 6.45) is 0. The molecule has 3 rings (SSSR count). The largest absolute Gasteiger partial charge is 0.346 e. The summed E-state index contributed by atoms with van der Waals surface area (Å²) in [6.45, 7) is 0. The molecule has 1 N–H and O–H groups in total. The van der Waals surface area contributed by atoms with Crippen molar-refractivity contribution in [3.63, 3.8) is 0 Å². The van der Waals surface area contributed by atoms with E-state index in [1.54, 1.807) is 17.4 Å². The van der Waals surface area contributed by atoms with Gasteiger partial charge < -0.3 is 4.98 Å². The standard InChI is InChI=1S/C11H7NOS/c13-9-5-6-14-11-10(9)7-3-1-2-4-8(7)12-11/h1-6,12H. The minimum Gasteiger partial charge on any atom is -0.346 e. The highest BCUT2D eigenvalue weighted by atomic mass is 32.1. The molecule has 0 bridgehead atoms. The maximum absolute atomic E-state index is 11.6. The predicted molar refractivity (Wildman–Crippen MR) is 60.0 cm³/mol. The Labute approximate surface area is 83.8 Å². The number of rotatable bonds is 0. The number of hydrogen-bond donors (Lipinski definition) is 1. The summed E-state index contributed by atoms with van der Waals surface area (Å²) in [6, 6.07) is 9.50. The summed E-state index contributed by atoms with van der Waals surface area (Å²) in [5.41, 5.74) is 1.12. The van der Waals surface area contributed by atoms with Crippen LogP contribution in [0.3, 0.4) is 0 Å². The molecule has 3 aromatic rings. The van der Waals surface area contributed by atoms with Crippen molar-refractivity contribution < 1.29 is 0 Å². The summed E-state index contributed by atoms with van der Waals surface area (Å²) < 4.78 is 0. The molecule has 0 atom stereocenters. The second kappa shape index (κ2) is 2.69. The number of fused-ring (bicyclic) bond motifs is 3. The van der Waals surface area contributed by atoms with Crippen molar-refractivity contribution in [2.45, 2.75) is 0 Å². The number of nitrogens with one attached hydrogen (secondary N) is 1. The van der Waals surface area contributed by atoms with E-state index in [1.165, 1.54) is 0 Å². The minimum absolute atomic E-state index is 0.0937. The van der Waals surface area contributed by atoms with Crippen molar-refractivity contribution >= 4 is 32.5 Å². The highest BCUT2D eigenvalue weighted by Crippen LogP contribution is 2.24. The van der Waals surface area contributed by atoms with Crippen molar-refractivity contribution in [1.82, 2.24) is 4.98 Å². The molecular formula is C11H7NOS. The highest BCUT2D eigenvalue weighted by molar-refractivity contribution is 7.16. The Balaban J connectivity index is 2.73. The lowest BCUT2D eigenvalue weighted by atomic mass is 10.2. The average Bonchev–Trinajstić information content (AvgIpc) is 2.57. The van der Waals surface area contributed by atoms with Gasteiger partial charge in [-0.15, -0.1) is 11.3 Å². The van der Waals surface area contributed by atoms with Crippen LogP contribution in [0.4, 0.5) is 0 Å². The molecule has 0 unspecified atom stereocenters. The average molecular weight is 201 g/mol. The van der Waals surface area contributed by atoms with Gasteiger partial charge in [0.1, 0.15) is 4.83 Å². The van der Waals surface area contributed by atoms with Gasteiger partial charge in [0.25, 0.3) is 0 Å². The van der Waals surface area contributed by atoms with Crippen LogP contribution in [0.5, 0.6) is 0 Å². The van der Waals surface area contributed by atoms with Crippen LogP contribution in [0.15, 0.2) is 40.5 Å². The zero-order valence-electron chi connectivity index (χ0n) is 7.28. The highest BCUT2D eigenvalue weighted by Gasteiger charge is 2.05. The molecule has 14 heavy (non-hydrogen) atoms. The van der Waals surface area contributed by atoms with Gasteiger partial charge in [0.2, 0.25) is 0 Å². The van der Waals surface area contributed by atoms with Crippen molar-refractivity contribution in [1.29, 1.82) is 0 Å². The lowest BCUT2D eigenvalue weighted by Crippen LogP contribution is -1.94. The molecule has 0 fully saturated rings. The third-order valence-electron chi connectivity index (χ3n) is 2.32. The monoisotopic (exact) mass is 201 g/mol. The van der Waals surface area contributed by atoms with E-state index < -0.39 is 0 Å². The molecule has 0 saturated heterocycles. The molecule has 1 aromatic carbocycles. The Bertz CT molecular complexity index is 665. The van der Waals surface area contributed by atoms with E-state index in [-0.39, 0.29) is 5.43 Å². The second-order valence-corrected chi connectivity index (χ2v) is 4.08. The van der Waals surface area contributed by atoms with Gasteiger partial charge in [-0.2, -0.15) is 0 Å². The number of aromatic amines is 1. The van der Waals surface area contributed by atoms with Crippen molar-refractivity contribution in [2.75, 3.05) is 0 Å². The van der Waals surface area contributed by atoms with Crippen LogP contribution < -0.4 is 5.43 Å². The number of benzene rings is 1. The van der Waals surface area contributed by atoms with E-state index in [2.05, 4.69) is 4.98 Å². The molecule has 0 aliphatic heterocycles. The van der Waals surface area contributed by atoms with E-state index in [0.29, 0.717) is 0 Å². The first kappa shape index (κ1) is 7.76.